The molecule has 102 valence electrons. The lowest BCUT2D eigenvalue weighted by Crippen LogP contribution is -2.39. The molecule has 1 rings (SSSR count). The van der Waals surface area contributed by atoms with E-state index in [-0.39, 0.29) is 11.0 Å². The first kappa shape index (κ1) is 15.0. The Bertz CT molecular complexity index is 419. The van der Waals surface area contributed by atoms with E-state index in [4.69, 9.17) is 0 Å². The van der Waals surface area contributed by atoms with Crippen LogP contribution in [-0.4, -0.2) is 11.3 Å². The van der Waals surface area contributed by atoms with E-state index in [1.807, 2.05) is 20.8 Å². The smallest absolute Gasteiger partial charge is 0.376 e. The van der Waals surface area contributed by atoms with Gasteiger partial charge in [-0.2, -0.15) is 13.2 Å². The topological polar surface area (TPSA) is 20.2 Å². The maximum atomic E-state index is 12.8. The van der Waals surface area contributed by atoms with Crippen LogP contribution in [0.2, 0.25) is 0 Å². The molecular weight excluding hydrogens is 241 g/mol. The van der Waals surface area contributed by atoms with Crippen molar-refractivity contribution in [3.05, 3.63) is 35.4 Å². The van der Waals surface area contributed by atoms with Gasteiger partial charge in [0, 0.05) is 0 Å². The minimum atomic E-state index is -4.68. The largest absolute Gasteiger partial charge is 0.421 e. The first-order valence-corrected chi connectivity index (χ1v) is 5.92. The quantitative estimate of drug-likeness (QED) is 0.865. The van der Waals surface area contributed by atoms with Crippen LogP contribution in [0.4, 0.5) is 13.2 Å². The van der Waals surface area contributed by atoms with Crippen molar-refractivity contribution in [3.63, 3.8) is 0 Å². The number of benzene rings is 1. The van der Waals surface area contributed by atoms with Crippen molar-refractivity contribution in [2.24, 2.45) is 0 Å². The molecule has 0 heterocycles. The SMILES string of the molecule is CCC(C)(C)c1cccc(C(C)(O)C(F)(F)F)c1. The summed E-state index contributed by atoms with van der Waals surface area (Å²) in [5, 5.41) is 9.66. The number of aliphatic hydroxyl groups is 1. The molecule has 0 aliphatic rings. The molecule has 1 N–H and O–H groups in total. The third-order valence-electron chi connectivity index (χ3n) is 3.64. The van der Waals surface area contributed by atoms with Crippen molar-refractivity contribution in [2.45, 2.75) is 51.3 Å². The van der Waals surface area contributed by atoms with Gasteiger partial charge in [0.25, 0.3) is 0 Å². The van der Waals surface area contributed by atoms with Crippen molar-refractivity contribution in [2.75, 3.05) is 0 Å². The van der Waals surface area contributed by atoms with Gasteiger partial charge in [-0.05, 0) is 29.9 Å². The van der Waals surface area contributed by atoms with Gasteiger partial charge in [0.1, 0.15) is 0 Å². The molecule has 18 heavy (non-hydrogen) atoms. The zero-order valence-electron chi connectivity index (χ0n) is 11.1. The Hall–Kier alpha value is -1.03. The second-order valence-electron chi connectivity index (χ2n) is 5.39. The van der Waals surface area contributed by atoms with E-state index in [1.54, 1.807) is 12.1 Å². The molecule has 0 saturated carbocycles. The van der Waals surface area contributed by atoms with Crippen molar-refractivity contribution in [1.29, 1.82) is 0 Å². The molecular formula is C14H19F3O. The average Bonchev–Trinajstić information content (AvgIpc) is 2.27. The fourth-order valence-electron chi connectivity index (χ4n) is 1.61. The Labute approximate surface area is 106 Å². The summed E-state index contributed by atoms with van der Waals surface area (Å²) in [6.45, 7) is 6.70. The van der Waals surface area contributed by atoms with Crippen molar-refractivity contribution in [1.82, 2.24) is 0 Å². The first-order chi connectivity index (χ1) is 8.02. The normalized spacial score (nSPS) is 16.4. The van der Waals surface area contributed by atoms with Crippen molar-refractivity contribution < 1.29 is 18.3 Å². The van der Waals surface area contributed by atoms with Crippen LogP contribution in [0.25, 0.3) is 0 Å². The summed E-state index contributed by atoms with van der Waals surface area (Å²) in [6.07, 6.45) is -3.87. The number of halogens is 3. The highest BCUT2D eigenvalue weighted by Crippen LogP contribution is 2.39. The molecule has 0 spiro atoms. The van der Waals surface area contributed by atoms with Gasteiger partial charge in [-0.3, -0.25) is 0 Å². The lowest BCUT2D eigenvalue weighted by molar-refractivity contribution is -0.258. The highest BCUT2D eigenvalue weighted by atomic mass is 19.4. The van der Waals surface area contributed by atoms with E-state index >= 15 is 0 Å². The summed E-state index contributed by atoms with van der Waals surface area (Å²) in [5.74, 6) is 0. The minimum Gasteiger partial charge on any atom is -0.376 e. The van der Waals surface area contributed by atoms with Gasteiger partial charge >= 0.3 is 6.18 Å². The summed E-state index contributed by atoms with van der Waals surface area (Å²) in [5.41, 5.74) is -2.34. The van der Waals surface area contributed by atoms with Gasteiger partial charge < -0.3 is 5.11 Å². The highest BCUT2D eigenvalue weighted by Gasteiger charge is 2.51. The summed E-state index contributed by atoms with van der Waals surface area (Å²) in [4.78, 5) is 0. The van der Waals surface area contributed by atoms with Crippen molar-refractivity contribution >= 4 is 0 Å². The summed E-state index contributed by atoms with van der Waals surface area (Å²) in [7, 11) is 0. The van der Waals surface area contributed by atoms with Crippen LogP contribution in [0.3, 0.4) is 0 Å². The van der Waals surface area contributed by atoms with Crippen LogP contribution in [0.15, 0.2) is 24.3 Å². The fourth-order valence-corrected chi connectivity index (χ4v) is 1.61. The Balaban J connectivity index is 3.26. The van der Waals surface area contributed by atoms with Crippen molar-refractivity contribution in [3.8, 4) is 0 Å². The molecule has 0 aromatic heterocycles. The fraction of sp³-hybridized carbons (Fsp3) is 0.571. The second kappa shape index (κ2) is 4.57. The van der Waals surface area contributed by atoms with Crippen LogP contribution in [0.1, 0.15) is 45.2 Å². The van der Waals surface area contributed by atoms with E-state index < -0.39 is 11.8 Å². The number of hydrogen-bond acceptors (Lipinski definition) is 1. The maximum absolute atomic E-state index is 12.8. The monoisotopic (exact) mass is 260 g/mol. The molecule has 0 fully saturated rings. The minimum absolute atomic E-state index is 0.117. The van der Waals surface area contributed by atoms with E-state index in [1.165, 1.54) is 12.1 Å². The highest BCUT2D eigenvalue weighted by molar-refractivity contribution is 5.33. The van der Waals surface area contributed by atoms with E-state index in [9.17, 15) is 18.3 Å². The Morgan fingerprint density at radius 2 is 1.56 bits per heavy atom. The Morgan fingerprint density at radius 3 is 2.00 bits per heavy atom. The van der Waals surface area contributed by atoms with Crippen LogP contribution >= 0.6 is 0 Å². The first-order valence-electron chi connectivity index (χ1n) is 5.92. The average molecular weight is 260 g/mol. The zero-order valence-corrected chi connectivity index (χ0v) is 11.1. The lowest BCUT2D eigenvalue weighted by atomic mass is 9.80. The Morgan fingerprint density at radius 1 is 1.06 bits per heavy atom. The number of alkyl halides is 3. The molecule has 1 unspecified atom stereocenters. The van der Waals surface area contributed by atoms with Gasteiger partial charge in [-0.15, -0.1) is 0 Å². The van der Waals surface area contributed by atoms with Gasteiger partial charge in [0.2, 0.25) is 0 Å². The third kappa shape index (κ3) is 2.69. The van der Waals surface area contributed by atoms with Crippen LogP contribution in [0.5, 0.6) is 0 Å². The molecule has 1 nitrogen and oxygen atoms in total. The molecule has 1 aromatic rings. The van der Waals surface area contributed by atoms with Gasteiger partial charge in [0.05, 0.1) is 0 Å². The summed E-state index contributed by atoms with van der Waals surface area (Å²) >= 11 is 0. The molecule has 0 aliphatic carbocycles. The molecule has 0 amide bonds. The standard InChI is InChI=1S/C14H19F3O/c1-5-12(2,3)10-7-6-8-11(9-10)13(4,18)14(15,16)17/h6-9,18H,5H2,1-4H3. The predicted molar refractivity (Wildman–Crippen MR) is 65.4 cm³/mol. The maximum Gasteiger partial charge on any atom is 0.421 e. The Kier molecular flexibility index (Phi) is 3.82. The van der Waals surface area contributed by atoms with E-state index in [0.29, 0.717) is 0 Å². The molecule has 0 radical (unpaired) electrons. The van der Waals surface area contributed by atoms with Gasteiger partial charge in [0.15, 0.2) is 5.60 Å². The third-order valence-corrected chi connectivity index (χ3v) is 3.64. The zero-order chi connectivity index (χ0) is 14.2. The molecule has 0 saturated heterocycles. The number of hydrogen-bond donors (Lipinski definition) is 1. The molecule has 0 aliphatic heterocycles. The summed E-state index contributed by atoms with van der Waals surface area (Å²) < 4.78 is 38.3. The molecule has 0 bridgehead atoms. The number of rotatable bonds is 3. The molecule has 1 atom stereocenters. The van der Waals surface area contributed by atoms with E-state index in [0.717, 1.165) is 18.9 Å². The molecule has 4 heteroatoms. The predicted octanol–water partition coefficient (Wildman–Crippen LogP) is 4.14. The van der Waals surface area contributed by atoms with Gasteiger partial charge in [-0.25, -0.2) is 0 Å². The van der Waals surface area contributed by atoms with Crippen LogP contribution < -0.4 is 0 Å². The molecule has 1 aromatic carbocycles. The lowest BCUT2D eigenvalue weighted by Gasteiger charge is -2.29. The second-order valence-corrected chi connectivity index (χ2v) is 5.39. The van der Waals surface area contributed by atoms with E-state index in [2.05, 4.69) is 0 Å². The van der Waals surface area contributed by atoms with Gasteiger partial charge in [-0.1, -0.05) is 45.0 Å². The summed E-state index contributed by atoms with van der Waals surface area (Å²) in [6, 6.07) is 6.10. The van der Waals surface area contributed by atoms with Crippen LogP contribution in [0, 0.1) is 0 Å². The van der Waals surface area contributed by atoms with Crippen LogP contribution in [-0.2, 0) is 11.0 Å².